The van der Waals surface area contributed by atoms with E-state index in [2.05, 4.69) is 31.2 Å². The molecule has 0 N–H and O–H groups in total. The number of carbonyl (C=O) groups excluding carboxylic acids is 3. The molecule has 1 fully saturated rings. The second-order valence-corrected chi connectivity index (χ2v) is 11.5. The van der Waals surface area contributed by atoms with Gasteiger partial charge in [-0.2, -0.15) is 5.26 Å². The third-order valence-electron chi connectivity index (χ3n) is 5.94. The Bertz CT molecular complexity index is 1580. The summed E-state index contributed by atoms with van der Waals surface area (Å²) in [6, 6.07) is 4.34. The molecule has 0 saturated carbocycles. The highest BCUT2D eigenvalue weighted by Crippen LogP contribution is 2.42. The molecule has 226 valence electrons. The van der Waals surface area contributed by atoms with Gasteiger partial charge in [-0.1, -0.05) is 28.6 Å². The Morgan fingerprint density at radius 2 is 1.77 bits per heavy atom. The van der Waals surface area contributed by atoms with Crippen LogP contribution < -0.4 is 0 Å². The third kappa shape index (κ3) is 7.66. The van der Waals surface area contributed by atoms with Gasteiger partial charge in [-0.15, -0.1) is 5.10 Å². The zero-order valence-electron chi connectivity index (χ0n) is 22.5. The summed E-state index contributed by atoms with van der Waals surface area (Å²) in [6.07, 6.45) is -0.849. The van der Waals surface area contributed by atoms with E-state index in [0.29, 0.717) is 9.37 Å². The molecule has 43 heavy (non-hydrogen) atoms. The molecule has 12 nitrogen and oxygen atoms in total. The standard InChI is InChI=1S/C26H21BrClF2N5O7S/c1-11(36)39-10-21-24(40-12(2)37)23(35-9-20(33-34-35)14-4-17(29)22(28)18(30)5-14)25(41-13(3)38)26(42-21)43-15-6-16(27)19(7-31)32-8-15/h4-6,8-9,21,23-26H,10H2,1-3H3/t21?,23?,24-,25?,26+/m0/s1. The lowest BCUT2D eigenvalue weighted by molar-refractivity contribution is -0.212. The third-order valence-corrected chi connectivity index (χ3v) is 8.01. The zero-order chi connectivity index (χ0) is 31.4. The maximum atomic E-state index is 14.2. The molecule has 0 aliphatic carbocycles. The van der Waals surface area contributed by atoms with Crippen LogP contribution in [0.2, 0.25) is 5.02 Å². The maximum Gasteiger partial charge on any atom is 0.303 e. The van der Waals surface area contributed by atoms with Gasteiger partial charge in [0.15, 0.2) is 17.9 Å². The second kappa shape index (κ2) is 13.8. The zero-order valence-corrected chi connectivity index (χ0v) is 25.7. The van der Waals surface area contributed by atoms with Gasteiger partial charge in [0, 0.05) is 37.4 Å². The lowest BCUT2D eigenvalue weighted by Gasteiger charge is -2.44. The number of aromatic nitrogens is 4. The van der Waals surface area contributed by atoms with Gasteiger partial charge in [-0.25, -0.2) is 18.4 Å². The summed E-state index contributed by atoms with van der Waals surface area (Å²) >= 11 is 9.95. The molecule has 3 unspecified atom stereocenters. The number of nitriles is 1. The van der Waals surface area contributed by atoms with Crippen LogP contribution in [-0.4, -0.2) is 68.2 Å². The molecular formula is C26H21BrClF2N5O7S. The number of rotatable bonds is 8. The minimum Gasteiger partial charge on any atom is -0.463 e. The van der Waals surface area contributed by atoms with Crippen molar-refractivity contribution in [3.05, 3.63) is 57.4 Å². The highest BCUT2D eigenvalue weighted by Gasteiger charge is 2.52. The molecular weight excluding hydrogens is 680 g/mol. The largest absolute Gasteiger partial charge is 0.463 e. The molecule has 4 rings (SSSR count). The van der Waals surface area contributed by atoms with E-state index in [1.54, 1.807) is 6.07 Å². The lowest BCUT2D eigenvalue weighted by atomic mass is 9.96. The van der Waals surface area contributed by atoms with Crippen LogP contribution in [0.1, 0.15) is 32.5 Å². The molecule has 0 radical (unpaired) electrons. The van der Waals surface area contributed by atoms with Crippen LogP contribution in [0.25, 0.3) is 11.3 Å². The Labute approximate surface area is 260 Å². The van der Waals surface area contributed by atoms with Crippen LogP contribution in [0.5, 0.6) is 0 Å². The van der Waals surface area contributed by atoms with E-state index in [9.17, 15) is 28.4 Å². The number of thioether (sulfide) groups is 1. The molecule has 17 heteroatoms. The van der Waals surface area contributed by atoms with Crippen LogP contribution >= 0.6 is 39.3 Å². The second-order valence-electron chi connectivity index (χ2n) is 9.05. The van der Waals surface area contributed by atoms with Crippen molar-refractivity contribution in [3.63, 3.8) is 0 Å². The first kappa shape index (κ1) is 32.3. The van der Waals surface area contributed by atoms with Gasteiger partial charge in [-0.3, -0.25) is 14.4 Å². The number of hydrogen-bond acceptors (Lipinski definition) is 12. The Balaban J connectivity index is 1.82. The molecule has 3 heterocycles. The van der Waals surface area contributed by atoms with Gasteiger partial charge in [-0.05, 0) is 34.1 Å². The van der Waals surface area contributed by atoms with Crippen molar-refractivity contribution in [2.24, 2.45) is 0 Å². The molecule has 2 aromatic heterocycles. The first-order chi connectivity index (χ1) is 20.4. The van der Waals surface area contributed by atoms with Crippen molar-refractivity contribution in [3.8, 4) is 17.3 Å². The summed E-state index contributed by atoms with van der Waals surface area (Å²) < 4.78 is 52.7. The van der Waals surface area contributed by atoms with Crippen molar-refractivity contribution in [2.75, 3.05) is 6.61 Å². The monoisotopic (exact) mass is 699 g/mol. The van der Waals surface area contributed by atoms with Crippen molar-refractivity contribution in [2.45, 2.75) is 55.5 Å². The summed E-state index contributed by atoms with van der Waals surface area (Å²) in [5, 5.41) is 16.6. The number of hydrogen-bond donors (Lipinski definition) is 0. The number of pyridine rings is 1. The fourth-order valence-corrected chi connectivity index (χ4v) is 6.05. The molecule has 0 bridgehead atoms. The van der Waals surface area contributed by atoms with E-state index >= 15 is 0 Å². The Morgan fingerprint density at radius 1 is 1.12 bits per heavy atom. The molecule has 1 aromatic carbocycles. The molecule has 5 atom stereocenters. The van der Waals surface area contributed by atoms with E-state index in [1.165, 1.54) is 24.0 Å². The maximum absolute atomic E-state index is 14.2. The number of ether oxygens (including phenoxy) is 4. The minimum absolute atomic E-state index is 0.00155. The van der Waals surface area contributed by atoms with Crippen LogP contribution in [0.4, 0.5) is 8.78 Å². The summed E-state index contributed by atoms with van der Waals surface area (Å²) in [5.41, 5.74) is -0.885. The molecule has 1 saturated heterocycles. The molecule has 1 aliphatic rings. The van der Waals surface area contributed by atoms with E-state index < -0.39 is 64.4 Å². The van der Waals surface area contributed by atoms with Crippen molar-refractivity contribution >= 4 is 57.2 Å². The Hall–Kier alpha value is -3.65. The molecule has 0 amide bonds. The van der Waals surface area contributed by atoms with E-state index in [1.807, 2.05) is 6.07 Å². The first-order valence-corrected chi connectivity index (χ1v) is 14.3. The van der Waals surface area contributed by atoms with E-state index in [4.69, 9.17) is 30.5 Å². The number of benzene rings is 1. The summed E-state index contributed by atoms with van der Waals surface area (Å²) in [4.78, 5) is 40.8. The van der Waals surface area contributed by atoms with Crippen molar-refractivity contribution < 1.29 is 42.1 Å². The summed E-state index contributed by atoms with van der Waals surface area (Å²) in [6.45, 7) is 3.13. The minimum atomic E-state index is -1.25. The average molecular weight is 701 g/mol. The first-order valence-electron chi connectivity index (χ1n) is 12.3. The highest BCUT2D eigenvalue weighted by molar-refractivity contribution is 9.10. The summed E-state index contributed by atoms with van der Waals surface area (Å²) in [5.74, 6) is -4.13. The smallest absolute Gasteiger partial charge is 0.303 e. The van der Waals surface area contributed by atoms with E-state index in [-0.39, 0.29) is 23.6 Å². The van der Waals surface area contributed by atoms with Gasteiger partial charge in [0.25, 0.3) is 0 Å². The number of halogens is 4. The lowest BCUT2D eigenvalue weighted by Crippen LogP contribution is -2.57. The molecule has 0 spiro atoms. The predicted octanol–water partition coefficient (Wildman–Crippen LogP) is 4.39. The number of nitrogens with zero attached hydrogens (tertiary/aromatic N) is 5. The van der Waals surface area contributed by atoms with Crippen LogP contribution in [-0.2, 0) is 33.3 Å². The van der Waals surface area contributed by atoms with Gasteiger partial charge >= 0.3 is 17.9 Å². The van der Waals surface area contributed by atoms with E-state index in [0.717, 1.165) is 37.7 Å². The van der Waals surface area contributed by atoms with Gasteiger partial charge < -0.3 is 18.9 Å². The molecule has 1 aliphatic heterocycles. The quantitative estimate of drug-likeness (QED) is 0.186. The van der Waals surface area contributed by atoms with Crippen LogP contribution in [0.15, 0.2) is 40.0 Å². The predicted molar refractivity (Wildman–Crippen MR) is 148 cm³/mol. The van der Waals surface area contributed by atoms with Gasteiger partial charge in [0.1, 0.15) is 52.6 Å². The fraction of sp³-hybridized carbons (Fsp3) is 0.346. The SMILES string of the molecule is CC(=O)OCC1O[C@H](Sc2cnc(C#N)c(Br)c2)C(OC(C)=O)C(n2cc(-c3cc(F)c(Cl)c(F)c3)nn2)[C@H]1OC(C)=O. The van der Waals surface area contributed by atoms with Crippen LogP contribution in [0, 0.1) is 23.0 Å². The van der Waals surface area contributed by atoms with Gasteiger partial charge in [0.2, 0.25) is 0 Å². The topological polar surface area (TPSA) is 156 Å². The molecule has 3 aromatic rings. The highest BCUT2D eigenvalue weighted by atomic mass is 79.9. The van der Waals surface area contributed by atoms with Crippen molar-refractivity contribution in [1.82, 2.24) is 20.0 Å². The van der Waals surface area contributed by atoms with Crippen LogP contribution in [0.3, 0.4) is 0 Å². The average Bonchev–Trinajstić information content (AvgIpc) is 3.41. The Morgan fingerprint density at radius 3 is 2.35 bits per heavy atom. The number of carbonyl (C=O) groups is 3. The fourth-order valence-electron chi connectivity index (χ4n) is 4.24. The normalized spacial score (nSPS) is 21.5. The number of esters is 3. The Kier molecular flexibility index (Phi) is 10.3. The summed E-state index contributed by atoms with van der Waals surface area (Å²) in [7, 11) is 0. The van der Waals surface area contributed by atoms with Gasteiger partial charge in [0.05, 0.1) is 10.7 Å². The van der Waals surface area contributed by atoms with Crippen molar-refractivity contribution in [1.29, 1.82) is 5.26 Å².